The van der Waals surface area contributed by atoms with E-state index in [9.17, 15) is 4.79 Å². The van der Waals surface area contributed by atoms with Gasteiger partial charge in [-0.2, -0.15) is 5.26 Å². The fourth-order valence-corrected chi connectivity index (χ4v) is 2.50. The zero-order chi connectivity index (χ0) is 18.2. The van der Waals surface area contributed by atoms with Crippen molar-refractivity contribution in [3.63, 3.8) is 0 Å². The molecule has 2 aromatic rings. The van der Waals surface area contributed by atoms with Gasteiger partial charge >= 0.3 is 5.97 Å². The monoisotopic (exact) mass is 338 g/mol. The number of nitriles is 1. The molecule has 25 heavy (non-hydrogen) atoms. The second kappa shape index (κ2) is 8.74. The van der Waals surface area contributed by atoms with Crippen molar-refractivity contribution in [2.24, 2.45) is 0 Å². The molecule has 1 unspecified atom stereocenters. The Morgan fingerprint density at radius 2 is 1.88 bits per heavy atom. The molecule has 1 atom stereocenters. The number of anilines is 1. The molecular formula is C20H22N2O3. The molecule has 0 aliphatic rings. The van der Waals surface area contributed by atoms with Crippen molar-refractivity contribution >= 4 is 11.7 Å². The maximum Gasteiger partial charge on any atom is 0.333 e. The quantitative estimate of drug-likeness (QED) is 0.773. The van der Waals surface area contributed by atoms with E-state index < -0.39 is 6.04 Å². The van der Waals surface area contributed by atoms with E-state index in [-0.39, 0.29) is 5.97 Å². The van der Waals surface area contributed by atoms with E-state index in [2.05, 4.69) is 11.4 Å². The number of nitrogens with zero attached hydrogens (tertiary/aromatic N) is 1. The molecule has 1 N–H and O–H groups in total. The largest absolute Gasteiger partial charge is 0.494 e. The minimum absolute atomic E-state index is 0.300. The summed E-state index contributed by atoms with van der Waals surface area (Å²) in [5.74, 6) is 0.355. The number of carbonyl (C=O) groups is 1. The van der Waals surface area contributed by atoms with Gasteiger partial charge in [-0.05, 0) is 68.3 Å². The second-order valence-electron chi connectivity index (χ2n) is 5.53. The Bertz CT molecular complexity index is 764. The van der Waals surface area contributed by atoms with Gasteiger partial charge in [-0.15, -0.1) is 0 Å². The number of carbonyl (C=O) groups excluding carboxylic acids is 1. The van der Waals surface area contributed by atoms with Crippen LogP contribution in [0.5, 0.6) is 5.75 Å². The van der Waals surface area contributed by atoms with E-state index in [0.717, 1.165) is 16.8 Å². The molecule has 0 fully saturated rings. The first-order chi connectivity index (χ1) is 12.1. The normalized spacial score (nSPS) is 11.3. The van der Waals surface area contributed by atoms with Gasteiger partial charge in [-0.3, -0.25) is 0 Å². The molecule has 0 amide bonds. The van der Waals surface area contributed by atoms with E-state index in [0.29, 0.717) is 24.5 Å². The number of ether oxygens (including phenoxy) is 2. The fourth-order valence-electron chi connectivity index (χ4n) is 2.50. The molecule has 130 valence electrons. The van der Waals surface area contributed by atoms with E-state index in [4.69, 9.17) is 14.7 Å². The molecule has 0 aliphatic heterocycles. The smallest absolute Gasteiger partial charge is 0.333 e. The summed E-state index contributed by atoms with van der Waals surface area (Å²) in [6, 6.07) is 14.1. The molecule has 5 heteroatoms. The first kappa shape index (κ1) is 18.3. The van der Waals surface area contributed by atoms with Crippen LogP contribution in [0.1, 0.15) is 36.6 Å². The molecule has 0 aliphatic carbocycles. The van der Waals surface area contributed by atoms with Gasteiger partial charge in [0.2, 0.25) is 0 Å². The third kappa shape index (κ3) is 4.98. The predicted octanol–water partition coefficient (Wildman–Crippen LogP) is 3.98. The van der Waals surface area contributed by atoms with Gasteiger partial charge in [0.25, 0.3) is 0 Å². The minimum atomic E-state index is -0.660. The molecule has 0 radical (unpaired) electrons. The summed E-state index contributed by atoms with van der Waals surface area (Å²) >= 11 is 0. The molecular weight excluding hydrogens is 316 g/mol. The topological polar surface area (TPSA) is 71.3 Å². The van der Waals surface area contributed by atoms with Gasteiger partial charge in [-0.25, -0.2) is 4.79 Å². The van der Waals surface area contributed by atoms with E-state index in [1.807, 2.05) is 32.0 Å². The first-order valence-electron chi connectivity index (χ1n) is 8.25. The van der Waals surface area contributed by atoms with Gasteiger partial charge < -0.3 is 14.8 Å². The Morgan fingerprint density at radius 1 is 1.16 bits per heavy atom. The van der Waals surface area contributed by atoms with Crippen LogP contribution < -0.4 is 10.1 Å². The molecule has 0 heterocycles. The average Bonchev–Trinajstić information content (AvgIpc) is 2.60. The van der Waals surface area contributed by atoms with Crippen LogP contribution in [-0.4, -0.2) is 19.2 Å². The number of rotatable bonds is 7. The van der Waals surface area contributed by atoms with Crippen LogP contribution in [-0.2, 0) is 9.53 Å². The van der Waals surface area contributed by atoms with Crippen LogP contribution in [0.25, 0.3) is 0 Å². The molecule has 2 aromatic carbocycles. The molecule has 0 saturated carbocycles. The summed E-state index contributed by atoms with van der Waals surface area (Å²) in [5, 5.41) is 12.1. The second-order valence-corrected chi connectivity index (χ2v) is 5.53. The lowest BCUT2D eigenvalue weighted by atomic mass is 10.0. The average molecular weight is 338 g/mol. The zero-order valence-electron chi connectivity index (χ0n) is 14.7. The fraction of sp³-hybridized carbons (Fsp3) is 0.300. The van der Waals surface area contributed by atoms with Crippen molar-refractivity contribution in [3.8, 4) is 11.8 Å². The molecule has 0 bridgehead atoms. The summed E-state index contributed by atoms with van der Waals surface area (Å²) in [4.78, 5) is 12.5. The number of esters is 1. The molecule has 0 aromatic heterocycles. The number of aryl methyl sites for hydroxylation is 1. The Kier molecular flexibility index (Phi) is 6.41. The third-order valence-electron chi connectivity index (χ3n) is 3.56. The Hall–Kier alpha value is -3.00. The minimum Gasteiger partial charge on any atom is -0.494 e. The Labute approximate surface area is 148 Å². The highest BCUT2D eigenvalue weighted by Gasteiger charge is 2.23. The van der Waals surface area contributed by atoms with Crippen molar-refractivity contribution in [1.29, 1.82) is 5.26 Å². The van der Waals surface area contributed by atoms with Crippen LogP contribution in [0.2, 0.25) is 0 Å². The van der Waals surface area contributed by atoms with Crippen LogP contribution in [0.4, 0.5) is 5.69 Å². The van der Waals surface area contributed by atoms with Gasteiger partial charge in [0.1, 0.15) is 5.75 Å². The van der Waals surface area contributed by atoms with Gasteiger partial charge in [-0.1, -0.05) is 6.07 Å². The van der Waals surface area contributed by atoms with Crippen molar-refractivity contribution in [1.82, 2.24) is 0 Å². The van der Waals surface area contributed by atoms with E-state index in [1.165, 1.54) is 0 Å². The number of hydrogen-bond acceptors (Lipinski definition) is 5. The van der Waals surface area contributed by atoms with E-state index in [1.54, 1.807) is 31.2 Å². The third-order valence-corrected chi connectivity index (χ3v) is 3.56. The highest BCUT2D eigenvalue weighted by Crippen LogP contribution is 2.26. The lowest BCUT2D eigenvalue weighted by molar-refractivity contribution is -0.144. The lowest BCUT2D eigenvalue weighted by Crippen LogP contribution is -2.23. The SMILES string of the molecule is CCOC(=O)C(Nc1ccc(C#N)cc1)c1cc(C)cc(OCC)c1. The summed E-state index contributed by atoms with van der Waals surface area (Å²) in [5.41, 5.74) is 3.06. The maximum absolute atomic E-state index is 12.5. The summed E-state index contributed by atoms with van der Waals surface area (Å²) in [6.45, 7) is 6.50. The van der Waals surface area contributed by atoms with Crippen molar-refractivity contribution in [3.05, 3.63) is 59.2 Å². The van der Waals surface area contributed by atoms with Gasteiger partial charge in [0.05, 0.1) is 24.8 Å². The van der Waals surface area contributed by atoms with Crippen molar-refractivity contribution in [2.75, 3.05) is 18.5 Å². The van der Waals surface area contributed by atoms with Gasteiger partial charge in [0, 0.05) is 5.69 Å². The van der Waals surface area contributed by atoms with Crippen LogP contribution >= 0.6 is 0 Å². The molecule has 0 saturated heterocycles. The highest BCUT2D eigenvalue weighted by atomic mass is 16.5. The number of nitrogens with one attached hydrogen (secondary N) is 1. The molecule has 2 rings (SSSR count). The van der Waals surface area contributed by atoms with Crippen LogP contribution in [0, 0.1) is 18.3 Å². The van der Waals surface area contributed by atoms with Crippen LogP contribution in [0.3, 0.4) is 0 Å². The van der Waals surface area contributed by atoms with Crippen LogP contribution in [0.15, 0.2) is 42.5 Å². The van der Waals surface area contributed by atoms with E-state index >= 15 is 0 Å². The lowest BCUT2D eigenvalue weighted by Gasteiger charge is -2.20. The maximum atomic E-state index is 12.5. The molecule has 0 spiro atoms. The summed E-state index contributed by atoms with van der Waals surface area (Å²) < 4.78 is 10.8. The van der Waals surface area contributed by atoms with Gasteiger partial charge in [0.15, 0.2) is 6.04 Å². The standard InChI is InChI=1S/C20H22N2O3/c1-4-24-18-11-14(3)10-16(12-18)19(20(23)25-5-2)22-17-8-6-15(13-21)7-9-17/h6-12,19,22H,4-5H2,1-3H3. The summed E-state index contributed by atoms with van der Waals surface area (Å²) in [6.07, 6.45) is 0. The van der Waals surface area contributed by atoms with Crippen molar-refractivity contribution < 1.29 is 14.3 Å². The number of hydrogen-bond donors (Lipinski definition) is 1. The zero-order valence-corrected chi connectivity index (χ0v) is 14.7. The highest BCUT2D eigenvalue weighted by molar-refractivity contribution is 5.81. The number of benzene rings is 2. The van der Waals surface area contributed by atoms with Crippen molar-refractivity contribution in [2.45, 2.75) is 26.8 Å². The Balaban J connectivity index is 2.35. The molecule has 5 nitrogen and oxygen atoms in total. The summed E-state index contributed by atoms with van der Waals surface area (Å²) in [7, 11) is 0. The predicted molar refractivity (Wildman–Crippen MR) is 96.5 cm³/mol. The first-order valence-corrected chi connectivity index (χ1v) is 8.25. The Morgan fingerprint density at radius 3 is 2.48 bits per heavy atom.